The highest BCUT2D eigenvalue weighted by Gasteiger charge is 1.94. The molecule has 0 aliphatic carbocycles. The lowest BCUT2D eigenvalue weighted by molar-refractivity contribution is 0.620. The molecule has 0 aliphatic rings. The molecule has 0 saturated heterocycles. The fourth-order valence-corrected chi connectivity index (χ4v) is 1.27. The SMILES string of the molecule is Cc1nccc(CNCCCCC#N)n1. The van der Waals surface area contributed by atoms with E-state index in [1.165, 1.54) is 0 Å². The van der Waals surface area contributed by atoms with Gasteiger partial charge in [0.05, 0.1) is 11.8 Å². The zero-order chi connectivity index (χ0) is 10.9. The van der Waals surface area contributed by atoms with Gasteiger partial charge in [-0.2, -0.15) is 5.26 Å². The van der Waals surface area contributed by atoms with Gasteiger partial charge < -0.3 is 5.32 Å². The van der Waals surface area contributed by atoms with Gasteiger partial charge in [0.2, 0.25) is 0 Å². The van der Waals surface area contributed by atoms with Crippen molar-refractivity contribution < 1.29 is 0 Å². The molecule has 80 valence electrons. The number of nitrogens with one attached hydrogen (secondary N) is 1. The van der Waals surface area contributed by atoms with Gasteiger partial charge in [-0.25, -0.2) is 9.97 Å². The van der Waals surface area contributed by atoms with Crippen LogP contribution in [0.5, 0.6) is 0 Å². The van der Waals surface area contributed by atoms with E-state index in [1.54, 1.807) is 6.20 Å². The van der Waals surface area contributed by atoms with Crippen LogP contribution in [0.25, 0.3) is 0 Å². The first-order valence-electron chi connectivity index (χ1n) is 5.19. The van der Waals surface area contributed by atoms with Gasteiger partial charge in [-0.15, -0.1) is 0 Å². The van der Waals surface area contributed by atoms with E-state index in [9.17, 15) is 0 Å². The largest absolute Gasteiger partial charge is 0.311 e. The van der Waals surface area contributed by atoms with Crippen molar-refractivity contribution in [1.29, 1.82) is 5.26 Å². The van der Waals surface area contributed by atoms with Gasteiger partial charge in [0.1, 0.15) is 5.82 Å². The maximum Gasteiger partial charge on any atom is 0.125 e. The monoisotopic (exact) mass is 204 g/mol. The third-order valence-electron chi connectivity index (χ3n) is 2.03. The Hall–Kier alpha value is -1.47. The summed E-state index contributed by atoms with van der Waals surface area (Å²) in [5.74, 6) is 0.804. The van der Waals surface area contributed by atoms with Crippen molar-refractivity contribution in [1.82, 2.24) is 15.3 Å². The van der Waals surface area contributed by atoms with E-state index in [4.69, 9.17) is 5.26 Å². The van der Waals surface area contributed by atoms with Crippen molar-refractivity contribution in [3.05, 3.63) is 23.8 Å². The van der Waals surface area contributed by atoms with Crippen molar-refractivity contribution in [3.63, 3.8) is 0 Å². The fourth-order valence-electron chi connectivity index (χ4n) is 1.27. The van der Waals surface area contributed by atoms with Gasteiger partial charge >= 0.3 is 0 Å². The first-order chi connectivity index (χ1) is 7.33. The lowest BCUT2D eigenvalue weighted by atomic mass is 10.2. The summed E-state index contributed by atoms with van der Waals surface area (Å²) in [4.78, 5) is 8.31. The van der Waals surface area contributed by atoms with E-state index in [1.807, 2.05) is 13.0 Å². The van der Waals surface area contributed by atoms with Crippen LogP contribution in [0.2, 0.25) is 0 Å². The Bertz CT molecular complexity index is 330. The Balaban J connectivity index is 2.13. The molecule has 4 heteroatoms. The number of hydrogen-bond acceptors (Lipinski definition) is 4. The van der Waals surface area contributed by atoms with Crippen molar-refractivity contribution in [2.45, 2.75) is 32.7 Å². The van der Waals surface area contributed by atoms with Crippen LogP contribution in [0.4, 0.5) is 0 Å². The van der Waals surface area contributed by atoms with Crippen LogP contribution in [0.15, 0.2) is 12.3 Å². The summed E-state index contributed by atoms with van der Waals surface area (Å²) in [6.07, 6.45) is 4.42. The summed E-state index contributed by atoms with van der Waals surface area (Å²) in [6.45, 7) is 3.59. The molecule has 1 N–H and O–H groups in total. The highest BCUT2D eigenvalue weighted by molar-refractivity contribution is 5.00. The molecule has 0 atom stereocenters. The van der Waals surface area contributed by atoms with Crippen LogP contribution in [-0.4, -0.2) is 16.5 Å². The second kappa shape index (κ2) is 6.91. The third kappa shape index (κ3) is 5.08. The maximum atomic E-state index is 8.34. The van der Waals surface area contributed by atoms with Crippen molar-refractivity contribution in [2.24, 2.45) is 0 Å². The zero-order valence-electron chi connectivity index (χ0n) is 9.03. The van der Waals surface area contributed by atoms with Crippen LogP contribution in [0, 0.1) is 18.3 Å². The molecule has 0 amide bonds. The summed E-state index contributed by atoms with van der Waals surface area (Å²) in [5, 5.41) is 11.6. The lowest BCUT2D eigenvalue weighted by Crippen LogP contribution is -2.15. The molecule has 0 spiro atoms. The van der Waals surface area contributed by atoms with Crippen LogP contribution >= 0.6 is 0 Å². The molecule has 0 saturated carbocycles. The Morgan fingerprint density at radius 1 is 1.47 bits per heavy atom. The maximum absolute atomic E-state index is 8.34. The van der Waals surface area contributed by atoms with E-state index >= 15 is 0 Å². The molecular formula is C11H16N4. The predicted octanol–water partition coefficient (Wildman–Crippen LogP) is 1.57. The number of aromatic nitrogens is 2. The summed E-state index contributed by atoms with van der Waals surface area (Å²) >= 11 is 0. The molecule has 0 bridgehead atoms. The number of nitrogens with zero attached hydrogens (tertiary/aromatic N) is 3. The zero-order valence-corrected chi connectivity index (χ0v) is 9.03. The fraction of sp³-hybridized carbons (Fsp3) is 0.545. The standard InChI is InChI=1S/C11H16N4/c1-10-14-8-5-11(15-10)9-13-7-4-2-3-6-12/h5,8,13H,2-4,7,9H2,1H3. The van der Waals surface area contributed by atoms with E-state index in [2.05, 4.69) is 21.4 Å². The van der Waals surface area contributed by atoms with E-state index in [0.717, 1.165) is 37.4 Å². The molecule has 1 aromatic heterocycles. The number of aryl methyl sites for hydroxylation is 1. The number of unbranched alkanes of at least 4 members (excludes halogenated alkanes) is 2. The van der Waals surface area contributed by atoms with E-state index < -0.39 is 0 Å². The minimum Gasteiger partial charge on any atom is -0.311 e. The molecule has 0 unspecified atom stereocenters. The molecule has 1 aromatic rings. The molecule has 0 aromatic carbocycles. The Morgan fingerprint density at radius 3 is 3.07 bits per heavy atom. The lowest BCUT2D eigenvalue weighted by Gasteiger charge is -2.03. The second-order valence-corrected chi connectivity index (χ2v) is 3.39. The van der Waals surface area contributed by atoms with E-state index in [0.29, 0.717) is 6.42 Å². The summed E-state index contributed by atoms with van der Waals surface area (Å²) in [7, 11) is 0. The summed E-state index contributed by atoms with van der Waals surface area (Å²) in [5.41, 5.74) is 1.02. The van der Waals surface area contributed by atoms with Crippen LogP contribution in [0.1, 0.15) is 30.8 Å². The number of hydrogen-bond donors (Lipinski definition) is 1. The highest BCUT2D eigenvalue weighted by atomic mass is 14.9. The van der Waals surface area contributed by atoms with Crippen LogP contribution in [-0.2, 0) is 6.54 Å². The van der Waals surface area contributed by atoms with Crippen molar-refractivity contribution >= 4 is 0 Å². The minimum atomic E-state index is 0.647. The molecule has 15 heavy (non-hydrogen) atoms. The molecular weight excluding hydrogens is 188 g/mol. The predicted molar refractivity (Wildman–Crippen MR) is 57.9 cm³/mol. The highest BCUT2D eigenvalue weighted by Crippen LogP contribution is 1.95. The molecule has 0 fully saturated rings. The topological polar surface area (TPSA) is 61.6 Å². The second-order valence-electron chi connectivity index (χ2n) is 3.39. The van der Waals surface area contributed by atoms with Crippen molar-refractivity contribution in [3.8, 4) is 6.07 Å². The van der Waals surface area contributed by atoms with Gasteiger partial charge in [0, 0.05) is 19.2 Å². The van der Waals surface area contributed by atoms with E-state index in [-0.39, 0.29) is 0 Å². The van der Waals surface area contributed by atoms with Gasteiger partial charge in [-0.05, 0) is 32.4 Å². The average molecular weight is 204 g/mol. The molecule has 1 rings (SSSR count). The number of nitriles is 1. The Kier molecular flexibility index (Phi) is 5.34. The molecule has 0 radical (unpaired) electrons. The van der Waals surface area contributed by atoms with Gasteiger partial charge in [0.25, 0.3) is 0 Å². The summed E-state index contributed by atoms with van der Waals surface area (Å²) in [6, 6.07) is 4.05. The first-order valence-corrected chi connectivity index (χ1v) is 5.19. The van der Waals surface area contributed by atoms with Gasteiger partial charge in [-0.3, -0.25) is 0 Å². The van der Waals surface area contributed by atoms with Crippen molar-refractivity contribution in [2.75, 3.05) is 6.54 Å². The van der Waals surface area contributed by atoms with Gasteiger partial charge in [0.15, 0.2) is 0 Å². The quantitative estimate of drug-likeness (QED) is 0.714. The molecule has 0 aliphatic heterocycles. The molecule has 4 nitrogen and oxygen atoms in total. The third-order valence-corrected chi connectivity index (χ3v) is 2.03. The Morgan fingerprint density at radius 2 is 2.33 bits per heavy atom. The van der Waals surface area contributed by atoms with Gasteiger partial charge in [-0.1, -0.05) is 0 Å². The van der Waals surface area contributed by atoms with Crippen LogP contribution < -0.4 is 5.32 Å². The molecule has 1 heterocycles. The average Bonchev–Trinajstić information content (AvgIpc) is 2.23. The van der Waals surface area contributed by atoms with Crippen LogP contribution in [0.3, 0.4) is 0 Å². The summed E-state index contributed by atoms with van der Waals surface area (Å²) < 4.78 is 0. The smallest absolute Gasteiger partial charge is 0.125 e. The normalized spacial score (nSPS) is 9.87. The minimum absolute atomic E-state index is 0.647. The number of rotatable bonds is 6. The first kappa shape index (κ1) is 11.6. The Labute approximate surface area is 90.4 Å².